The lowest BCUT2D eigenvalue weighted by Gasteiger charge is -2.51. The van der Waals surface area contributed by atoms with E-state index in [9.17, 15) is 9.90 Å². The van der Waals surface area contributed by atoms with E-state index in [0.29, 0.717) is 22.8 Å². The number of methoxy groups -OCH3 is 1. The molecule has 5 nitrogen and oxygen atoms in total. The quantitative estimate of drug-likeness (QED) is 0.849. The SMILES string of the molecule is COc1cccc(CO)c1C(=O)N1CC2CCNCC21. The highest BCUT2D eigenvalue weighted by molar-refractivity contribution is 5.99. The van der Waals surface area contributed by atoms with Gasteiger partial charge in [-0.15, -0.1) is 0 Å². The average molecular weight is 276 g/mol. The van der Waals surface area contributed by atoms with Crippen molar-refractivity contribution in [2.24, 2.45) is 5.92 Å². The first kappa shape index (κ1) is 13.4. The Morgan fingerprint density at radius 2 is 2.40 bits per heavy atom. The normalized spacial score (nSPS) is 24.8. The highest BCUT2D eigenvalue weighted by atomic mass is 16.5. The Labute approximate surface area is 118 Å². The molecule has 0 radical (unpaired) electrons. The minimum absolute atomic E-state index is 0.0311. The number of likely N-dealkylation sites (tertiary alicyclic amines) is 1. The van der Waals surface area contributed by atoms with Crippen molar-refractivity contribution < 1.29 is 14.6 Å². The molecule has 0 spiro atoms. The summed E-state index contributed by atoms with van der Waals surface area (Å²) in [5.74, 6) is 1.12. The predicted molar refractivity (Wildman–Crippen MR) is 74.7 cm³/mol. The van der Waals surface area contributed by atoms with Gasteiger partial charge in [0.05, 0.1) is 19.3 Å². The molecule has 0 aliphatic carbocycles. The van der Waals surface area contributed by atoms with Gasteiger partial charge in [-0.2, -0.15) is 0 Å². The molecule has 2 aliphatic heterocycles. The summed E-state index contributed by atoms with van der Waals surface area (Å²) >= 11 is 0. The molecule has 0 saturated carbocycles. The number of nitrogens with one attached hydrogen (secondary N) is 1. The predicted octanol–water partition coefficient (Wildman–Crippen LogP) is 0.621. The number of amides is 1. The lowest BCUT2D eigenvalue weighted by molar-refractivity contribution is 0.00237. The second-order valence-electron chi connectivity index (χ2n) is 5.43. The third-order valence-corrected chi connectivity index (χ3v) is 4.40. The van der Waals surface area contributed by atoms with Gasteiger partial charge in [-0.25, -0.2) is 0 Å². The van der Waals surface area contributed by atoms with Gasteiger partial charge in [-0.05, 0) is 30.5 Å². The topological polar surface area (TPSA) is 61.8 Å². The van der Waals surface area contributed by atoms with Gasteiger partial charge in [-0.1, -0.05) is 12.1 Å². The first-order valence-electron chi connectivity index (χ1n) is 7.04. The summed E-state index contributed by atoms with van der Waals surface area (Å²) in [6.45, 7) is 2.56. The van der Waals surface area contributed by atoms with Crippen molar-refractivity contribution in [3.05, 3.63) is 29.3 Å². The summed E-state index contributed by atoms with van der Waals surface area (Å²) in [4.78, 5) is 14.6. The van der Waals surface area contributed by atoms with Crippen molar-refractivity contribution in [3.63, 3.8) is 0 Å². The first-order chi connectivity index (χ1) is 9.76. The van der Waals surface area contributed by atoms with Crippen LogP contribution in [0.25, 0.3) is 0 Å². The van der Waals surface area contributed by atoms with Gasteiger partial charge < -0.3 is 20.1 Å². The third kappa shape index (κ3) is 2.07. The van der Waals surface area contributed by atoms with Crippen LogP contribution in [0.2, 0.25) is 0 Å². The van der Waals surface area contributed by atoms with Gasteiger partial charge >= 0.3 is 0 Å². The molecule has 1 aromatic carbocycles. The van der Waals surface area contributed by atoms with Crippen LogP contribution >= 0.6 is 0 Å². The van der Waals surface area contributed by atoms with E-state index in [4.69, 9.17) is 4.74 Å². The second-order valence-corrected chi connectivity index (χ2v) is 5.43. The van der Waals surface area contributed by atoms with Crippen molar-refractivity contribution >= 4 is 5.91 Å². The average Bonchev–Trinajstić information content (AvgIpc) is 2.47. The molecule has 2 atom stereocenters. The third-order valence-electron chi connectivity index (χ3n) is 4.40. The van der Waals surface area contributed by atoms with Crippen molar-refractivity contribution in [3.8, 4) is 5.75 Å². The number of fused-ring (bicyclic) bond motifs is 1. The molecular weight excluding hydrogens is 256 g/mol. The lowest BCUT2D eigenvalue weighted by atomic mass is 9.82. The zero-order valence-corrected chi connectivity index (χ0v) is 11.6. The van der Waals surface area contributed by atoms with Crippen molar-refractivity contribution in [1.82, 2.24) is 10.2 Å². The van der Waals surface area contributed by atoms with Gasteiger partial charge in [0, 0.05) is 19.1 Å². The van der Waals surface area contributed by atoms with Gasteiger partial charge in [-0.3, -0.25) is 4.79 Å². The Morgan fingerprint density at radius 3 is 3.10 bits per heavy atom. The second kappa shape index (κ2) is 5.42. The summed E-state index contributed by atoms with van der Waals surface area (Å²) in [5.41, 5.74) is 1.13. The number of carbonyl (C=O) groups excluding carboxylic acids is 1. The fraction of sp³-hybridized carbons (Fsp3) is 0.533. The number of aliphatic hydroxyl groups is 1. The minimum atomic E-state index is -0.154. The highest BCUT2D eigenvalue weighted by Gasteiger charge is 2.43. The maximum absolute atomic E-state index is 12.7. The van der Waals surface area contributed by atoms with Crippen LogP contribution in [0, 0.1) is 5.92 Å². The molecule has 2 fully saturated rings. The molecule has 2 N–H and O–H groups in total. The molecule has 0 bridgehead atoms. The maximum atomic E-state index is 12.7. The number of nitrogens with zero attached hydrogens (tertiary/aromatic N) is 1. The molecule has 1 aromatic rings. The standard InChI is InChI=1S/C15H20N2O3/c1-20-13-4-2-3-11(9-18)14(13)15(19)17-8-10-5-6-16-7-12(10)17/h2-4,10,12,16,18H,5-9H2,1H3. The van der Waals surface area contributed by atoms with Gasteiger partial charge in [0.25, 0.3) is 5.91 Å². The van der Waals surface area contributed by atoms with Gasteiger partial charge in [0.2, 0.25) is 0 Å². The largest absolute Gasteiger partial charge is 0.496 e. The van der Waals surface area contributed by atoms with Crippen LogP contribution in [-0.4, -0.2) is 48.7 Å². The molecule has 0 aromatic heterocycles. The summed E-state index contributed by atoms with van der Waals surface area (Å²) in [6.07, 6.45) is 1.13. The first-order valence-corrected chi connectivity index (χ1v) is 7.04. The van der Waals surface area contributed by atoms with Crippen LogP contribution in [0.5, 0.6) is 5.75 Å². The number of aliphatic hydroxyl groups excluding tert-OH is 1. The molecule has 2 unspecified atom stereocenters. The Morgan fingerprint density at radius 1 is 1.55 bits per heavy atom. The van der Waals surface area contributed by atoms with E-state index in [1.165, 1.54) is 0 Å². The zero-order chi connectivity index (χ0) is 14.1. The monoisotopic (exact) mass is 276 g/mol. The number of carbonyl (C=O) groups is 1. The Bertz CT molecular complexity index is 496. The number of ether oxygens (including phenoxy) is 1. The van der Waals surface area contributed by atoms with E-state index in [1.807, 2.05) is 4.90 Å². The summed E-state index contributed by atoms with van der Waals surface area (Å²) < 4.78 is 5.29. The fourth-order valence-electron chi connectivity index (χ4n) is 3.22. The maximum Gasteiger partial charge on any atom is 0.258 e. The number of benzene rings is 1. The Hall–Kier alpha value is -1.59. The molecular formula is C15H20N2O3. The van der Waals surface area contributed by atoms with Crippen molar-refractivity contribution in [2.75, 3.05) is 26.7 Å². The molecule has 2 heterocycles. The molecule has 20 heavy (non-hydrogen) atoms. The van der Waals surface area contributed by atoms with Gasteiger partial charge in [0.1, 0.15) is 5.75 Å². The van der Waals surface area contributed by atoms with Crippen molar-refractivity contribution in [1.29, 1.82) is 0 Å². The highest BCUT2D eigenvalue weighted by Crippen LogP contribution is 2.33. The van der Waals surface area contributed by atoms with Crippen LogP contribution in [0.15, 0.2) is 18.2 Å². The van der Waals surface area contributed by atoms with Crippen LogP contribution in [0.1, 0.15) is 22.3 Å². The lowest BCUT2D eigenvalue weighted by Crippen LogP contribution is -2.65. The molecule has 2 aliphatic rings. The molecule has 108 valence electrons. The molecule has 5 heteroatoms. The number of rotatable bonds is 3. The molecule has 3 rings (SSSR count). The Balaban J connectivity index is 1.87. The van der Waals surface area contributed by atoms with E-state index in [2.05, 4.69) is 5.32 Å². The summed E-state index contributed by atoms with van der Waals surface area (Å²) in [6, 6.07) is 5.62. The summed E-state index contributed by atoms with van der Waals surface area (Å²) in [5, 5.41) is 12.8. The number of hydrogen-bond donors (Lipinski definition) is 2. The van der Waals surface area contributed by atoms with E-state index in [-0.39, 0.29) is 18.6 Å². The molecule has 2 saturated heterocycles. The van der Waals surface area contributed by atoms with Crippen LogP contribution in [0.4, 0.5) is 0 Å². The van der Waals surface area contributed by atoms with E-state index in [0.717, 1.165) is 26.1 Å². The van der Waals surface area contributed by atoms with Crippen LogP contribution in [-0.2, 0) is 6.61 Å². The van der Waals surface area contributed by atoms with E-state index in [1.54, 1.807) is 25.3 Å². The minimum Gasteiger partial charge on any atom is -0.496 e. The smallest absolute Gasteiger partial charge is 0.258 e. The van der Waals surface area contributed by atoms with E-state index >= 15 is 0 Å². The van der Waals surface area contributed by atoms with Crippen LogP contribution < -0.4 is 10.1 Å². The summed E-state index contributed by atoms with van der Waals surface area (Å²) in [7, 11) is 1.55. The van der Waals surface area contributed by atoms with Crippen LogP contribution in [0.3, 0.4) is 0 Å². The Kier molecular flexibility index (Phi) is 3.63. The zero-order valence-electron chi connectivity index (χ0n) is 11.6. The van der Waals surface area contributed by atoms with Gasteiger partial charge in [0.15, 0.2) is 0 Å². The molecule has 1 amide bonds. The number of piperidine rings is 1. The van der Waals surface area contributed by atoms with E-state index < -0.39 is 0 Å². The fourth-order valence-corrected chi connectivity index (χ4v) is 3.22. The van der Waals surface area contributed by atoms with Crippen molar-refractivity contribution in [2.45, 2.75) is 19.1 Å². The number of hydrogen-bond acceptors (Lipinski definition) is 4.